The van der Waals surface area contributed by atoms with Gasteiger partial charge in [0.25, 0.3) is 5.56 Å². The van der Waals surface area contributed by atoms with Crippen LogP contribution in [0.25, 0.3) is 27.5 Å². The second-order valence-corrected chi connectivity index (χ2v) is 7.67. The van der Waals surface area contributed by atoms with Gasteiger partial charge < -0.3 is 9.80 Å². The van der Waals surface area contributed by atoms with Gasteiger partial charge in [-0.05, 0) is 30.6 Å². The van der Waals surface area contributed by atoms with E-state index < -0.39 is 0 Å². The van der Waals surface area contributed by atoms with Crippen LogP contribution in [0, 0.1) is 5.82 Å². The molecule has 0 bridgehead atoms. The average Bonchev–Trinajstić information content (AvgIpc) is 3.30. The topological polar surface area (TPSA) is 57.2 Å². The fraction of sp³-hybridized carbons (Fsp3) is 0.263. The third-order valence-corrected chi connectivity index (χ3v) is 5.87. The zero-order valence-corrected chi connectivity index (χ0v) is 15.6. The third kappa shape index (κ3) is 2.64. The van der Waals surface area contributed by atoms with Crippen LogP contribution in [0.2, 0.25) is 0 Å². The van der Waals surface area contributed by atoms with E-state index in [4.69, 9.17) is 0 Å². The van der Waals surface area contributed by atoms with Crippen LogP contribution in [0.4, 0.5) is 10.1 Å². The first-order valence-corrected chi connectivity index (χ1v) is 9.75. The van der Waals surface area contributed by atoms with E-state index in [0.717, 1.165) is 31.9 Å². The molecule has 0 unspecified atom stereocenters. The van der Waals surface area contributed by atoms with Gasteiger partial charge in [0.1, 0.15) is 5.82 Å². The lowest BCUT2D eigenvalue weighted by molar-refractivity contribution is 0.312. The highest BCUT2D eigenvalue weighted by Crippen LogP contribution is 2.29. The molecule has 6 nitrogen and oxygen atoms in total. The summed E-state index contributed by atoms with van der Waals surface area (Å²) in [5, 5.41) is 8.00. The van der Waals surface area contributed by atoms with Gasteiger partial charge in [-0.25, -0.2) is 9.07 Å². The lowest BCUT2D eigenvalue weighted by Crippen LogP contribution is -2.44. The first-order chi connectivity index (χ1) is 13.1. The second-order valence-electron chi connectivity index (χ2n) is 6.89. The van der Waals surface area contributed by atoms with Crippen molar-refractivity contribution in [3.05, 3.63) is 51.3 Å². The SMILES string of the molecule is CN1CCN(c2cc3ncc4c(=O)n(-c5ccsc5)[nH]c4c3cc2F)CC1. The van der Waals surface area contributed by atoms with Gasteiger partial charge in [0, 0.05) is 43.1 Å². The Balaban J connectivity index is 1.67. The summed E-state index contributed by atoms with van der Waals surface area (Å²) in [6.07, 6.45) is 1.57. The van der Waals surface area contributed by atoms with Crippen molar-refractivity contribution in [3.63, 3.8) is 0 Å². The van der Waals surface area contributed by atoms with Crippen LogP contribution >= 0.6 is 11.3 Å². The number of piperazine rings is 1. The zero-order chi connectivity index (χ0) is 18.5. The molecule has 1 aliphatic heterocycles. The molecule has 5 rings (SSSR count). The summed E-state index contributed by atoms with van der Waals surface area (Å²) in [7, 11) is 2.07. The highest BCUT2D eigenvalue weighted by molar-refractivity contribution is 7.08. The van der Waals surface area contributed by atoms with E-state index in [9.17, 15) is 9.18 Å². The van der Waals surface area contributed by atoms with Crippen LogP contribution < -0.4 is 10.5 Å². The molecule has 1 saturated heterocycles. The highest BCUT2D eigenvalue weighted by atomic mass is 32.1. The summed E-state index contributed by atoms with van der Waals surface area (Å²) < 4.78 is 16.4. The van der Waals surface area contributed by atoms with E-state index in [1.807, 2.05) is 16.8 Å². The molecule has 27 heavy (non-hydrogen) atoms. The minimum atomic E-state index is -0.287. The van der Waals surface area contributed by atoms with Crippen molar-refractivity contribution in [2.24, 2.45) is 0 Å². The number of aromatic nitrogens is 3. The van der Waals surface area contributed by atoms with E-state index >= 15 is 0 Å². The second kappa shape index (κ2) is 6.17. The van der Waals surface area contributed by atoms with E-state index in [-0.39, 0.29) is 11.4 Å². The Labute approximate surface area is 158 Å². The number of anilines is 1. The van der Waals surface area contributed by atoms with Crippen molar-refractivity contribution in [3.8, 4) is 5.69 Å². The molecule has 8 heteroatoms. The number of halogens is 1. The zero-order valence-electron chi connectivity index (χ0n) is 14.8. The Bertz CT molecular complexity index is 1190. The predicted molar refractivity (Wildman–Crippen MR) is 107 cm³/mol. The van der Waals surface area contributed by atoms with E-state index in [2.05, 4.69) is 26.9 Å². The van der Waals surface area contributed by atoms with Crippen LogP contribution in [0.15, 0.2) is 40.0 Å². The van der Waals surface area contributed by atoms with Gasteiger partial charge in [-0.3, -0.25) is 14.9 Å². The molecular formula is C19H18FN5OS. The molecule has 1 fully saturated rings. The smallest absolute Gasteiger partial charge is 0.280 e. The molecule has 4 heterocycles. The lowest BCUT2D eigenvalue weighted by atomic mass is 10.1. The number of thiophene rings is 1. The molecule has 0 atom stereocenters. The molecular weight excluding hydrogens is 365 g/mol. The minimum Gasteiger partial charge on any atom is -0.367 e. The molecule has 0 amide bonds. The first-order valence-electron chi connectivity index (χ1n) is 8.81. The van der Waals surface area contributed by atoms with Gasteiger partial charge in [0.2, 0.25) is 0 Å². The van der Waals surface area contributed by atoms with E-state index in [0.29, 0.717) is 27.5 Å². The van der Waals surface area contributed by atoms with E-state index in [1.165, 1.54) is 22.1 Å². The number of hydrogen-bond donors (Lipinski definition) is 1. The summed E-state index contributed by atoms with van der Waals surface area (Å²) in [5.74, 6) is -0.287. The summed E-state index contributed by atoms with van der Waals surface area (Å²) in [6, 6.07) is 5.14. The molecule has 4 aromatic rings. The Hall–Kier alpha value is -2.71. The normalized spacial score (nSPS) is 15.9. The Morgan fingerprint density at radius 2 is 2.00 bits per heavy atom. The Morgan fingerprint density at radius 3 is 2.74 bits per heavy atom. The van der Waals surface area contributed by atoms with Gasteiger partial charge >= 0.3 is 0 Å². The maximum absolute atomic E-state index is 14.9. The number of H-pyrrole nitrogens is 1. The third-order valence-electron chi connectivity index (χ3n) is 5.20. The summed E-state index contributed by atoms with van der Waals surface area (Å²) in [6.45, 7) is 3.38. The summed E-state index contributed by atoms with van der Waals surface area (Å²) >= 11 is 1.51. The molecule has 0 saturated carbocycles. The van der Waals surface area contributed by atoms with Crippen LogP contribution in [0.5, 0.6) is 0 Å². The first kappa shape index (κ1) is 16.5. The number of nitrogens with zero attached hydrogens (tertiary/aromatic N) is 4. The van der Waals surface area contributed by atoms with Crippen molar-refractivity contribution in [1.29, 1.82) is 0 Å². The van der Waals surface area contributed by atoms with Crippen molar-refractivity contribution < 1.29 is 4.39 Å². The number of pyridine rings is 1. The molecule has 0 aliphatic carbocycles. The van der Waals surface area contributed by atoms with Crippen molar-refractivity contribution in [2.75, 3.05) is 38.1 Å². The number of nitrogens with one attached hydrogen (secondary N) is 1. The maximum atomic E-state index is 14.9. The van der Waals surface area contributed by atoms with Gasteiger partial charge in [0.15, 0.2) is 0 Å². The highest BCUT2D eigenvalue weighted by Gasteiger charge is 2.20. The summed E-state index contributed by atoms with van der Waals surface area (Å²) in [5.41, 5.74) is 2.45. The number of aromatic amines is 1. The van der Waals surface area contributed by atoms with Gasteiger partial charge in [-0.1, -0.05) is 0 Å². The van der Waals surface area contributed by atoms with Gasteiger partial charge in [-0.15, -0.1) is 0 Å². The van der Waals surface area contributed by atoms with Crippen molar-refractivity contribution in [1.82, 2.24) is 19.7 Å². The molecule has 138 valence electrons. The number of likely N-dealkylation sites (N-methyl/N-ethyl adjacent to an activating group) is 1. The number of rotatable bonds is 2. The quantitative estimate of drug-likeness (QED) is 0.578. The van der Waals surface area contributed by atoms with Crippen molar-refractivity contribution in [2.45, 2.75) is 0 Å². The molecule has 1 aliphatic rings. The maximum Gasteiger partial charge on any atom is 0.280 e. The number of hydrogen-bond acceptors (Lipinski definition) is 5. The molecule has 1 N–H and O–H groups in total. The lowest BCUT2D eigenvalue weighted by Gasteiger charge is -2.34. The predicted octanol–water partition coefficient (Wildman–Crippen LogP) is 2.82. The molecule has 1 aromatic carbocycles. The minimum absolute atomic E-state index is 0.179. The summed E-state index contributed by atoms with van der Waals surface area (Å²) in [4.78, 5) is 21.4. The average molecular weight is 383 g/mol. The fourth-order valence-electron chi connectivity index (χ4n) is 3.62. The van der Waals surface area contributed by atoms with Crippen molar-refractivity contribution >= 4 is 38.8 Å². The molecule has 0 spiro atoms. The van der Waals surface area contributed by atoms with E-state index in [1.54, 1.807) is 12.3 Å². The number of fused-ring (bicyclic) bond motifs is 3. The Morgan fingerprint density at radius 1 is 1.19 bits per heavy atom. The van der Waals surface area contributed by atoms with Gasteiger partial charge in [-0.2, -0.15) is 11.3 Å². The monoisotopic (exact) mass is 383 g/mol. The standard InChI is InChI=1S/C19H18FN5OS/c1-23-3-5-24(6-4-23)17-9-16-13(8-15(17)20)18-14(10-21-16)19(26)25(22-18)12-2-7-27-11-12/h2,7-11,22H,3-6H2,1H3. The number of benzene rings is 1. The van der Waals surface area contributed by atoms with Crippen LogP contribution in [0.1, 0.15) is 0 Å². The molecule has 3 aromatic heterocycles. The largest absolute Gasteiger partial charge is 0.367 e. The van der Waals surface area contributed by atoms with Gasteiger partial charge in [0.05, 0.1) is 27.8 Å². The Kier molecular flexibility index (Phi) is 3.76. The van der Waals surface area contributed by atoms with Crippen LogP contribution in [-0.2, 0) is 0 Å². The van der Waals surface area contributed by atoms with Crippen LogP contribution in [-0.4, -0.2) is 52.9 Å². The molecule has 0 radical (unpaired) electrons. The van der Waals surface area contributed by atoms with Crippen LogP contribution in [0.3, 0.4) is 0 Å². The fourth-order valence-corrected chi connectivity index (χ4v) is 4.24.